The number of rotatable bonds is 4. The molecule has 0 bridgehead atoms. The van der Waals surface area contributed by atoms with Crippen molar-refractivity contribution in [3.05, 3.63) is 57.3 Å². The second kappa shape index (κ2) is 7.59. The Morgan fingerprint density at radius 2 is 1.86 bits per heavy atom. The zero-order valence-corrected chi connectivity index (χ0v) is 14.1. The van der Waals surface area contributed by atoms with Gasteiger partial charge in [-0.05, 0) is 36.4 Å². The standard InChI is InChI=1S/C16H20N2OS.ClH/c1-11-4-6-13(7-5-11)15(17)16(19)18(3)10-14-12(2)8-9-20-14;/h4-9,15H,10,17H2,1-3H3;1H. The maximum absolute atomic E-state index is 12.4. The molecule has 21 heavy (non-hydrogen) atoms. The van der Waals surface area contributed by atoms with E-state index in [9.17, 15) is 4.79 Å². The normalized spacial score (nSPS) is 11.6. The number of aryl methyl sites for hydroxylation is 2. The van der Waals surface area contributed by atoms with E-state index < -0.39 is 6.04 Å². The first-order valence-electron chi connectivity index (χ1n) is 6.59. The summed E-state index contributed by atoms with van der Waals surface area (Å²) in [7, 11) is 1.80. The predicted molar refractivity (Wildman–Crippen MR) is 90.9 cm³/mol. The molecule has 2 N–H and O–H groups in total. The highest BCUT2D eigenvalue weighted by Crippen LogP contribution is 2.19. The molecule has 0 aliphatic rings. The average molecular weight is 325 g/mol. The lowest BCUT2D eigenvalue weighted by Crippen LogP contribution is -2.35. The summed E-state index contributed by atoms with van der Waals surface area (Å²) in [5.41, 5.74) is 9.31. The van der Waals surface area contributed by atoms with Crippen LogP contribution >= 0.6 is 23.7 Å². The van der Waals surface area contributed by atoms with Crippen molar-refractivity contribution in [2.24, 2.45) is 5.73 Å². The Morgan fingerprint density at radius 1 is 1.24 bits per heavy atom. The molecule has 1 aromatic heterocycles. The topological polar surface area (TPSA) is 46.3 Å². The predicted octanol–water partition coefficient (Wildman–Crippen LogP) is 3.45. The molecule has 114 valence electrons. The first-order valence-corrected chi connectivity index (χ1v) is 7.47. The van der Waals surface area contributed by atoms with Crippen molar-refractivity contribution in [2.45, 2.75) is 26.4 Å². The summed E-state index contributed by atoms with van der Waals surface area (Å²) in [6.45, 7) is 4.69. The Bertz CT molecular complexity index is 595. The first kappa shape index (κ1) is 17.7. The van der Waals surface area contributed by atoms with Crippen molar-refractivity contribution in [1.82, 2.24) is 4.90 Å². The molecule has 1 atom stereocenters. The Balaban J connectivity index is 0.00000220. The third-order valence-electron chi connectivity index (χ3n) is 3.43. The molecule has 0 spiro atoms. The summed E-state index contributed by atoms with van der Waals surface area (Å²) in [4.78, 5) is 15.3. The van der Waals surface area contributed by atoms with Crippen LogP contribution in [-0.4, -0.2) is 17.9 Å². The summed E-state index contributed by atoms with van der Waals surface area (Å²) in [5, 5.41) is 2.04. The number of halogens is 1. The molecule has 1 amide bonds. The lowest BCUT2D eigenvalue weighted by atomic mass is 10.0. The molecule has 0 saturated carbocycles. The van der Waals surface area contributed by atoms with Gasteiger partial charge in [0.25, 0.3) is 0 Å². The van der Waals surface area contributed by atoms with E-state index in [1.165, 1.54) is 10.4 Å². The number of hydrogen-bond acceptors (Lipinski definition) is 3. The van der Waals surface area contributed by atoms with Gasteiger partial charge in [-0.25, -0.2) is 0 Å². The fourth-order valence-electron chi connectivity index (χ4n) is 2.01. The average Bonchev–Trinajstić information content (AvgIpc) is 2.83. The van der Waals surface area contributed by atoms with E-state index in [1.807, 2.05) is 36.6 Å². The minimum absolute atomic E-state index is 0. The number of nitrogens with zero attached hydrogens (tertiary/aromatic N) is 1. The summed E-state index contributed by atoms with van der Waals surface area (Å²) in [6.07, 6.45) is 0. The van der Waals surface area contributed by atoms with E-state index in [0.717, 1.165) is 11.1 Å². The van der Waals surface area contributed by atoms with Gasteiger partial charge in [-0.15, -0.1) is 23.7 Å². The van der Waals surface area contributed by atoms with Gasteiger partial charge < -0.3 is 10.6 Å². The van der Waals surface area contributed by atoms with E-state index >= 15 is 0 Å². The number of amides is 1. The van der Waals surface area contributed by atoms with Gasteiger partial charge >= 0.3 is 0 Å². The molecule has 3 nitrogen and oxygen atoms in total. The van der Waals surface area contributed by atoms with Gasteiger partial charge in [0.15, 0.2) is 0 Å². The van der Waals surface area contributed by atoms with Gasteiger partial charge in [0.05, 0.1) is 6.54 Å². The van der Waals surface area contributed by atoms with Crippen LogP contribution in [0.2, 0.25) is 0 Å². The fourth-order valence-corrected chi connectivity index (χ4v) is 2.97. The Labute approximate surface area is 136 Å². The number of thiophene rings is 1. The molecule has 5 heteroatoms. The van der Waals surface area contributed by atoms with Crippen LogP contribution < -0.4 is 5.73 Å². The van der Waals surface area contributed by atoms with E-state index in [1.54, 1.807) is 23.3 Å². The number of benzene rings is 1. The molecular weight excluding hydrogens is 304 g/mol. The number of likely N-dealkylation sites (N-methyl/N-ethyl adjacent to an activating group) is 1. The van der Waals surface area contributed by atoms with Crippen LogP contribution in [0.4, 0.5) is 0 Å². The van der Waals surface area contributed by atoms with Crippen molar-refractivity contribution in [3.8, 4) is 0 Å². The van der Waals surface area contributed by atoms with Crippen LogP contribution in [0, 0.1) is 13.8 Å². The minimum atomic E-state index is -0.596. The maximum Gasteiger partial charge on any atom is 0.244 e. The second-order valence-electron chi connectivity index (χ2n) is 5.11. The molecular formula is C16H21ClN2OS. The third-order valence-corrected chi connectivity index (χ3v) is 4.44. The van der Waals surface area contributed by atoms with Crippen LogP contribution in [0.3, 0.4) is 0 Å². The smallest absolute Gasteiger partial charge is 0.244 e. The summed E-state index contributed by atoms with van der Waals surface area (Å²) >= 11 is 1.67. The largest absolute Gasteiger partial charge is 0.339 e. The summed E-state index contributed by atoms with van der Waals surface area (Å²) in [6, 6.07) is 9.26. The van der Waals surface area contributed by atoms with Crippen LogP contribution in [0.25, 0.3) is 0 Å². The number of carbonyl (C=O) groups excluding carboxylic acids is 1. The molecule has 1 heterocycles. The van der Waals surface area contributed by atoms with E-state index in [0.29, 0.717) is 6.54 Å². The summed E-state index contributed by atoms with van der Waals surface area (Å²) < 4.78 is 0. The SMILES string of the molecule is Cc1ccc(C(N)C(=O)N(C)Cc2sccc2C)cc1.Cl. The quantitative estimate of drug-likeness (QED) is 0.936. The third kappa shape index (κ3) is 4.30. The molecule has 1 unspecified atom stereocenters. The van der Waals surface area contributed by atoms with Crippen molar-refractivity contribution < 1.29 is 4.79 Å². The maximum atomic E-state index is 12.4. The second-order valence-corrected chi connectivity index (χ2v) is 6.11. The van der Waals surface area contributed by atoms with Crippen LogP contribution in [0.5, 0.6) is 0 Å². The van der Waals surface area contributed by atoms with Crippen LogP contribution in [0.1, 0.15) is 27.6 Å². The molecule has 0 aliphatic carbocycles. The molecule has 2 aromatic rings. The highest BCUT2D eigenvalue weighted by atomic mass is 35.5. The van der Waals surface area contributed by atoms with Crippen molar-refractivity contribution in [3.63, 3.8) is 0 Å². The van der Waals surface area contributed by atoms with Gasteiger partial charge in [-0.3, -0.25) is 4.79 Å². The van der Waals surface area contributed by atoms with Crippen molar-refractivity contribution in [2.75, 3.05) is 7.05 Å². The van der Waals surface area contributed by atoms with Crippen molar-refractivity contribution >= 4 is 29.7 Å². The van der Waals surface area contributed by atoms with Crippen LogP contribution in [0.15, 0.2) is 35.7 Å². The Kier molecular flexibility index (Phi) is 6.40. The number of nitrogens with two attached hydrogens (primary N) is 1. The number of carbonyl (C=O) groups is 1. The highest BCUT2D eigenvalue weighted by Gasteiger charge is 2.20. The zero-order valence-electron chi connectivity index (χ0n) is 12.5. The molecule has 0 fully saturated rings. The Hall–Kier alpha value is -1.36. The molecule has 0 radical (unpaired) electrons. The van der Waals surface area contributed by atoms with Gasteiger partial charge in [-0.2, -0.15) is 0 Å². The van der Waals surface area contributed by atoms with E-state index in [2.05, 4.69) is 13.0 Å². The van der Waals surface area contributed by atoms with Gasteiger partial charge in [0.2, 0.25) is 5.91 Å². The molecule has 0 saturated heterocycles. The monoisotopic (exact) mass is 324 g/mol. The number of hydrogen-bond donors (Lipinski definition) is 1. The molecule has 2 rings (SSSR count). The zero-order chi connectivity index (χ0) is 14.7. The van der Waals surface area contributed by atoms with Crippen LogP contribution in [-0.2, 0) is 11.3 Å². The lowest BCUT2D eigenvalue weighted by molar-refractivity contribution is -0.131. The van der Waals surface area contributed by atoms with Gasteiger partial charge in [-0.1, -0.05) is 29.8 Å². The lowest BCUT2D eigenvalue weighted by Gasteiger charge is -2.21. The molecule has 1 aromatic carbocycles. The molecule has 0 aliphatic heterocycles. The first-order chi connectivity index (χ1) is 9.49. The van der Waals surface area contributed by atoms with E-state index in [4.69, 9.17) is 5.73 Å². The van der Waals surface area contributed by atoms with E-state index in [-0.39, 0.29) is 18.3 Å². The summed E-state index contributed by atoms with van der Waals surface area (Å²) in [5.74, 6) is -0.0540. The Morgan fingerprint density at radius 3 is 2.38 bits per heavy atom. The van der Waals surface area contributed by atoms with Gasteiger partial charge in [0.1, 0.15) is 6.04 Å². The van der Waals surface area contributed by atoms with Gasteiger partial charge in [0, 0.05) is 11.9 Å². The fraction of sp³-hybridized carbons (Fsp3) is 0.312. The van der Waals surface area contributed by atoms with Crippen molar-refractivity contribution in [1.29, 1.82) is 0 Å². The highest BCUT2D eigenvalue weighted by molar-refractivity contribution is 7.10. The minimum Gasteiger partial charge on any atom is -0.339 e.